The fourth-order valence-electron chi connectivity index (χ4n) is 4.41. The quantitative estimate of drug-likeness (QED) is 0.429. The van der Waals surface area contributed by atoms with Crippen molar-refractivity contribution < 1.29 is 13.9 Å². The number of fused-ring (bicyclic) bond motifs is 1. The van der Waals surface area contributed by atoms with E-state index in [0.717, 1.165) is 18.4 Å². The van der Waals surface area contributed by atoms with Crippen molar-refractivity contribution in [3.63, 3.8) is 0 Å². The zero-order chi connectivity index (χ0) is 24.4. The molecule has 180 valence electrons. The van der Waals surface area contributed by atoms with Crippen LogP contribution in [0, 0.1) is 11.7 Å². The molecule has 3 heterocycles. The van der Waals surface area contributed by atoms with Gasteiger partial charge in [-0.05, 0) is 54.1 Å². The number of benzene rings is 2. The molecule has 35 heavy (non-hydrogen) atoms. The number of piperidine rings is 1. The number of nitrogens with one attached hydrogen (secondary N) is 1. The molecular formula is C26H25FN4O3S. The van der Waals surface area contributed by atoms with E-state index >= 15 is 0 Å². The van der Waals surface area contributed by atoms with Crippen LogP contribution in [0.5, 0.6) is 5.75 Å². The SMILES string of the molecule is COc1cccc(NC(=O)[C@@H]2CCCN(c3nc4ccsc4c(=O)n3Cc3ccc(F)cc3)C2)c1. The van der Waals surface area contributed by atoms with Crippen LogP contribution in [0.25, 0.3) is 10.2 Å². The zero-order valence-corrected chi connectivity index (χ0v) is 20.1. The molecule has 7 nitrogen and oxygen atoms in total. The lowest BCUT2D eigenvalue weighted by Crippen LogP contribution is -2.43. The molecule has 0 radical (unpaired) electrons. The number of carbonyl (C=O) groups is 1. The molecule has 4 aromatic rings. The second-order valence-electron chi connectivity index (χ2n) is 8.57. The minimum absolute atomic E-state index is 0.0769. The van der Waals surface area contributed by atoms with E-state index in [2.05, 4.69) is 5.32 Å². The summed E-state index contributed by atoms with van der Waals surface area (Å²) in [5.74, 6) is 0.542. The van der Waals surface area contributed by atoms with E-state index < -0.39 is 0 Å². The summed E-state index contributed by atoms with van der Waals surface area (Å²) in [5, 5.41) is 4.84. The van der Waals surface area contributed by atoms with E-state index in [-0.39, 0.29) is 29.7 Å². The second-order valence-corrected chi connectivity index (χ2v) is 9.49. The van der Waals surface area contributed by atoms with Crippen molar-refractivity contribution in [1.29, 1.82) is 0 Å². The molecule has 9 heteroatoms. The van der Waals surface area contributed by atoms with Gasteiger partial charge in [-0.1, -0.05) is 18.2 Å². The first-order valence-electron chi connectivity index (χ1n) is 11.4. The number of aromatic nitrogens is 2. The fourth-order valence-corrected chi connectivity index (χ4v) is 5.18. The summed E-state index contributed by atoms with van der Waals surface area (Å²) in [4.78, 5) is 33.3. The van der Waals surface area contributed by atoms with Gasteiger partial charge in [-0.2, -0.15) is 0 Å². The van der Waals surface area contributed by atoms with Gasteiger partial charge in [0.1, 0.15) is 16.3 Å². The third kappa shape index (κ3) is 4.90. The number of thiophene rings is 1. The maximum Gasteiger partial charge on any atom is 0.273 e. The minimum atomic E-state index is -0.325. The molecule has 0 spiro atoms. The molecule has 0 unspecified atom stereocenters. The van der Waals surface area contributed by atoms with Crippen LogP contribution in [0.1, 0.15) is 18.4 Å². The van der Waals surface area contributed by atoms with Crippen molar-refractivity contribution in [3.05, 3.63) is 81.7 Å². The highest BCUT2D eigenvalue weighted by atomic mass is 32.1. The summed E-state index contributed by atoms with van der Waals surface area (Å²) in [5.41, 5.74) is 2.00. The Morgan fingerprint density at radius 3 is 2.86 bits per heavy atom. The van der Waals surface area contributed by atoms with Crippen LogP contribution in [-0.4, -0.2) is 35.7 Å². The number of rotatable bonds is 6. The molecule has 0 saturated carbocycles. The van der Waals surface area contributed by atoms with Gasteiger partial charge in [0.05, 0.1) is 25.1 Å². The molecule has 2 aromatic carbocycles. The molecule has 5 rings (SSSR count). The largest absolute Gasteiger partial charge is 0.497 e. The van der Waals surface area contributed by atoms with Crippen LogP contribution >= 0.6 is 11.3 Å². The highest BCUT2D eigenvalue weighted by Gasteiger charge is 2.29. The first-order chi connectivity index (χ1) is 17.0. The third-order valence-electron chi connectivity index (χ3n) is 6.21. The Hall–Kier alpha value is -3.72. The second kappa shape index (κ2) is 9.87. The number of carbonyl (C=O) groups excluding carboxylic acids is 1. The van der Waals surface area contributed by atoms with Crippen molar-refractivity contribution in [2.24, 2.45) is 5.92 Å². The molecule has 1 saturated heterocycles. The standard InChI is InChI=1S/C26H25FN4O3S/c1-34-21-6-2-5-20(14-21)28-24(32)18-4-3-12-30(16-18)26-29-22-11-13-35-23(22)25(33)31(26)15-17-7-9-19(27)10-8-17/h2,5-11,13-14,18H,3-4,12,15-16H2,1H3,(H,28,32)/t18-/m1/s1. The van der Waals surface area contributed by atoms with Crippen LogP contribution in [0.2, 0.25) is 0 Å². The predicted molar refractivity (Wildman–Crippen MR) is 136 cm³/mol. The molecule has 2 aromatic heterocycles. The summed E-state index contributed by atoms with van der Waals surface area (Å²) in [6, 6.07) is 15.2. The zero-order valence-electron chi connectivity index (χ0n) is 19.2. The Balaban J connectivity index is 1.43. The molecule has 1 aliphatic rings. The van der Waals surface area contributed by atoms with Crippen molar-refractivity contribution in [3.8, 4) is 5.75 Å². The lowest BCUT2D eigenvalue weighted by Gasteiger charge is -2.34. The number of amides is 1. The Labute approximate surface area is 205 Å². The monoisotopic (exact) mass is 492 g/mol. The smallest absolute Gasteiger partial charge is 0.273 e. The summed E-state index contributed by atoms with van der Waals surface area (Å²) >= 11 is 1.36. The summed E-state index contributed by atoms with van der Waals surface area (Å²) in [7, 11) is 1.59. The Bertz CT molecular complexity index is 1420. The summed E-state index contributed by atoms with van der Waals surface area (Å²) in [6.45, 7) is 1.40. The number of halogens is 1. The average Bonchev–Trinajstić information content (AvgIpc) is 3.36. The number of anilines is 2. The maximum absolute atomic E-state index is 13.4. The number of nitrogens with zero attached hydrogens (tertiary/aromatic N) is 3. The molecule has 1 N–H and O–H groups in total. The van der Waals surface area contributed by atoms with Gasteiger partial charge in [-0.3, -0.25) is 14.2 Å². The van der Waals surface area contributed by atoms with Crippen molar-refractivity contribution in [2.45, 2.75) is 19.4 Å². The molecule has 0 bridgehead atoms. The van der Waals surface area contributed by atoms with Gasteiger partial charge in [0, 0.05) is 24.8 Å². The summed E-state index contributed by atoms with van der Waals surface area (Å²) in [6.07, 6.45) is 1.54. The van der Waals surface area contributed by atoms with Gasteiger partial charge in [0.25, 0.3) is 5.56 Å². The van der Waals surface area contributed by atoms with Gasteiger partial charge in [0.15, 0.2) is 0 Å². The van der Waals surface area contributed by atoms with Gasteiger partial charge < -0.3 is 15.0 Å². The minimum Gasteiger partial charge on any atom is -0.497 e. The molecule has 1 amide bonds. The third-order valence-corrected chi connectivity index (χ3v) is 7.10. The molecule has 0 aliphatic carbocycles. The topological polar surface area (TPSA) is 76.5 Å². The van der Waals surface area contributed by atoms with Crippen molar-refractivity contribution in [2.75, 3.05) is 30.4 Å². The summed E-state index contributed by atoms with van der Waals surface area (Å²) < 4.78 is 20.9. The van der Waals surface area contributed by atoms with Gasteiger partial charge in [0.2, 0.25) is 11.9 Å². The molecule has 1 fully saturated rings. The van der Waals surface area contributed by atoms with E-state index in [1.165, 1.54) is 23.5 Å². The molecule has 1 aliphatic heterocycles. The Kier molecular flexibility index (Phi) is 6.50. The van der Waals surface area contributed by atoms with Crippen molar-refractivity contribution in [1.82, 2.24) is 9.55 Å². The Morgan fingerprint density at radius 2 is 2.06 bits per heavy atom. The van der Waals surface area contributed by atoms with E-state index in [9.17, 15) is 14.0 Å². The number of methoxy groups -OCH3 is 1. The average molecular weight is 493 g/mol. The maximum atomic E-state index is 13.4. The highest BCUT2D eigenvalue weighted by molar-refractivity contribution is 7.17. The number of hydrogen-bond donors (Lipinski definition) is 1. The fraction of sp³-hybridized carbons (Fsp3) is 0.269. The van der Waals surface area contributed by atoms with Crippen molar-refractivity contribution >= 4 is 39.1 Å². The number of hydrogen-bond acceptors (Lipinski definition) is 6. The van der Waals surface area contributed by atoms with Gasteiger partial charge in [-0.25, -0.2) is 9.37 Å². The number of ether oxygens (including phenoxy) is 1. The van der Waals surface area contributed by atoms with Crippen LogP contribution < -0.4 is 20.5 Å². The van der Waals surface area contributed by atoms with E-state index in [0.29, 0.717) is 40.7 Å². The lowest BCUT2D eigenvalue weighted by atomic mass is 9.97. The normalized spacial score (nSPS) is 15.8. The van der Waals surface area contributed by atoms with Crippen LogP contribution in [0.15, 0.2) is 64.8 Å². The lowest BCUT2D eigenvalue weighted by molar-refractivity contribution is -0.120. The van der Waals surface area contributed by atoms with Gasteiger partial charge >= 0.3 is 0 Å². The first-order valence-corrected chi connectivity index (χ1v) is 12.3. The first kappa shape index (κ1) is 23.0. The van der Waals surface area contributed by atoms with Crippen LogP contribution in [0.4, 0.5) is 16.0 Å². The van der Waals surface area contributed by atoms with E-state index in [4.69, 9.17) is 9.72 Å². The van der Waals surface area contributed by atoms with E-state index in [1.807, 2.05) is 34.5 Å². The highest BCUT2D eigenvalue weighted by Crippen LogP contribution is 2.26. The molecular weight excluding hydrogens is 467 g/mol. The Morgan fingerprint density at radius 1 is 1.23 bits per heavy atom. The van der Waals surface area contributed by atoms with Crippen LogP contribution in [-0.2, 0) is 11.3 Å². The molecule has 1 atom stereocenters. The van der Waals surface area contributed by atoms with E-state index in [1.54, 1.807) is 29.9 Å². The van der Waals surface area contributed by atoms with Crippen LogP contribution in [0.3, 0.4) is 0 Å². The predicted octanol–water partition coefficient (Wildman–Crippen LogP) is 4.51. The van der Waals surface area contributed by atoms with Gasteiger partial charge in [-0.15, -0.1) is 11.3 Å².